The number of anilines is 1. The molecule has 2 aliphatic heterocycles. The number of hydrogen-bond acceptors (Lipinski definition) is 5. The van der Waals surface area contributed by atoms with Crippen LogP contribution < -0.4 is 10.2 Å². The Morgan fingerprint density at radius 3 is 2.58 bits per heavy atom. The number of nitrogens with one attached hydrogen (secondary N) is 1. The molecule has 4 rings (SSSR count). The first-order valence-electron chi connectivity index (χ1n) is 10.3. The minimum Gasteiger partial charge on any atom is -0.354 e. The van der Waals surface area contributed by atoms with Gasteiger partial charge in [0.05, 0.1) is 6.04 Å². The van der Waals surface area contributed by atoms with E-state index in [9.17, 15) is 9.18 Å². The van der Waals surface area contributed by atoms with Gasteiger partial charge >= 0.3 is 0 Å². The Balaban J connectivity index is 0.00000171. The van der Waals surface area contributed by atoms with E-state index in [1.807, 2.05) is 35.4 Å². The van der Waals surface area contributed by atoms with Crippen LogP contribution in [0.15, 0.2) is 48.7 Å². The molecule has 0 saturated carbocycles. The van der Waals surface area contributed by atoms with E-state index >= 15 is 0 Å². The molecule has 0 spiro atoms. The van der Waals surface area contributed by atoms with Gasteiger partial charge in [0.25, 0.3) is 0 Å². The van der Waals surface area contributed by atoms with Crippen molar-refractivity contribution >= 4 is 36.5 Å². The van der Waals surface area contributed by atoms with Crippen LogP contribution in [0.5, 0.6) is 0 Å². The summed E-state index contributed by atoms with van der Waals surface area (Å²) in [5.74, 6) is 0.904. The maximum Gasteiger partial charge on any atom is 0.224 e. The number of piperazine rings is 2. The summed E-state index contributed by atoms with van der Waals surface area (Å²) in [4.78, 5) is 23.9. The van der Waals surface area contributed by atoms with E-state index in [1.165, 1.54) is 12.1 Å². The summed E-state index contributed by atoms with van der Waals surface area (Å²) < 4.78 is 13.7. The molecule has 1 amide bonds. The molecule has 2 aromatic rings. The van der Waals surface area contributed by atoms with Gasteiger partial charge in [0.15, 0.2) is 0 Å². The first-order valence-corrected chi connectivity index (χ1v) is 10.3. The highest BCUT2D eigenvalue weighted by molar-refractivity contribution is 5.85. The zero-order chi connectivity index (χ0) is 20.1. The molecule has 6 nitrogen and oxygen atoms in total. The summed E-state index contributed by atoms with van der Waals surface area (Å²) in [5.41, 5.74) is 0.856. The zero-order valence-corrected chi connectivity index (χ0v) is 19.1. The first kappa shape index (κ1) is 25.3. The summed E-state index contributed by atoms with van der Waals surface area (Å²) in [6.07, 6.45) is 2.32. The van der Waals surface area contributed by atoms with Crippen LogP contribution >= 0.6 is 24.8 Å². The summed E-state index contributed by atoms with van der Waals surface area (Å²) in [6.45, 7) is 6.56. The molecule has 2 aliphatic rings. The Bertz CT molecular complexity index is 821. The van der Waals surface area contributed by atoms with Gasteiger partial charge in [-0.2, -0.15) is 0 Å². The number of nitrogens with zero attached hydrogens (tertiary/aromatic N) is 4. The van der Waals surface area contributed by atoms with E-state index in [1.54, 1.807) is 6.07 Å². The van der Waals surface area contributed by atoms with Crippen molar-refractivity contribution in [1.29, 1.82) is 0 Å². The molecule has 2 fully saturated rings. The number of aromatic nitrogens is 1. The van der Waals surface area contributed by atoms with Crippen molar-refractivity contribution in [3.63, 3.8) is 0 Å². The van der Waals surface area contributed by atoms with Crippen molar-refractivity contribution in [2.24, 2.45) is 0 Å². The maximum atomic E-state index is 13.7. The topological polar surface area (TPSA) is 51.7 Å². The van der Waals surface area contributed by atoms with Gasteiger partial charge in [-0.15, -0.1) is 24.8 Å². The molecular weight excluding hydrogens is 440 g/mol. The summed E-state index contributed by atoms with van der Waals surface area (Å²) in [6, 6.07) is 12.5. The number of halogens is 3. The van der Waals surface area contributed by atoms with Crippen LogP contribution in [0, 0.1) is 5.82 Å². The van der Waals surface area contributed by atoms with Gasteiger partial charge in [0.1, 0.15) is 11.6 Å². The van der Waals surface area contributed by atoms with Gasteiger partial charge < -0.3 is 15.1 Å². The van der Waals surface area contributed by atoms with Crippen molar-refractivity contribution in [3.05, 3.63) is 60.0 Å². The largest absolute Gasteiger partial charge is 0.354 e. The van der Waals surface area contributed by atoms with Gasteiger partial charge in [0, 0.05) is 65.0 Å². The molecule has 1 unspecified atom stereocenters. The second-order valence-corrected chi connectivity index (χ2v) is 7.63. The van der Waals surface area contributed by atoms with E-state index in [-0.39, 0.29) is 42.6 Å². The number of amides is 1. The molecule has 0 radical (unpaired) electrons. The zero-order valence-electron chi connectivity index (χ0n) is 17.5. The number of rotatable bonds is 5. The van der Waals surface area contributed by atoms with Crippen LogP contribution in [0.1, 0.15) is 18.0 Å². The van der Waals surface area contributed by atoms with Gasteiger partial charge in [-0.25, -0.2) is 9.37 Å². The molecule has 170 valence electrons. The average Bonchev–Trinajstić information content (AvgIpc) is 2.78. The van der Waals surface area contributed by atoms with Crippen LogP contribution in [-0.4, -0.2) is 73.0 Å². The van der Waals surface area contributed by atoms with Crippen LogP contribution in [-0.2, 0) is 4.79 Å². The van der Waals surface area contributed by atoms with Gasteiger partial charge in [0.2, 0.25) is 5.91 Å². The molecule has 2 saturated heterocycles. The fourth-order valence-electron chi connectivity index (χ4n) is 4.15. The number of hydrogen-bond donors (Lipinski definition) is 1. The minimum atomic E-state index is -0.258. The fourth-order valence-corrected chi connectivity index (χ4v) is 4.15. The Morgan fingerprint density at radius 1 is 1.06 bits per heavy atom. The lowest BCUT2D eigenvalue weighted by molar-refractivity contribution is -0.135. The van der Waals surface area contributed by atoms with E-state index in [2.05, 4.69) is 20.1 Å². The van der Waals surface area contributed by atoms with E-state index in [0.29, 0.717) is 19.5 Å². The quantitative estimate of drug-likeness (QED) is 0.729. The molecule has 1 aromatic heterocycles. The van der Waals surface area contributed by atoms with E-state index in [0.717, 1.165) is 50.6 Å². The summed E-state index contributed by atoms with van der Waals surface area (Å²) >= 11 is 0. The molecule has 0 aliphatic carbocycles. The standard InChI is InChI=1S/C22H28FN5O.2ClH/c23-19-5-3-4-18(16-19)20-17-24-9-11-28(20)22(29)7-10-26-12-14-27(15-13-26)21-6-1-2-8-25-21;;/h1-6,8,16,20,24H,7,9-15,17H2;2*1H. The summed E-state index contributed by atoms with van der Waals surface area (Å²) in [5, 5.41) is 3.33. The van der Waals surface area contributed by atoms with Gasteiger partial charge in [-0.05, 0) is 29.8 Å². The third kappa shape index (κ3) is 6.53. The number of carbonyl (C=O) groups excluding carboxylic acids is 1. The van der Waals surface area contributed by atoms with Crippen LogP contribution in [0.2, 0.25) is 0 Å². The molecule has 9 heteroatoms. The molecule has 31 heavy (non-hydrogen) atoms. The smallest absolute Gasteiger partial charge is 0.224 e. The predicted molar refractivity (Wildman–Crippen MR) is 126 cm³/mol. The Morgan fingerprint density at radius 2 is 1.87 bits per heavy atom. The first-order chi connectivity index (χ1) is 14.2. The predicted octanol–water partition coefficient (Wildman–Crippen LogP) is 2.75. The lowest BCUT2D eigenvalue weighted by atomic mass is 10.0. The normalized spacial score (nSPS) is 19.3. The lowest BCUT2D eigenvalue weighted by Gasteiger charge is -2.38. The molecular formula is C22H30Cl2FN5O. The molecule has 3 heterocycles. The molecule has 0 bridgehead atoms. The number of benzene rings is 1. The van der Waals surface area contributed by atoms with E-state index in [4.69, 9.17) is 0 Å². The van der Waals surface area contributed by atoms with Crippen molar-refractivity contribution in [1.82, 2.24) is 20.1 Å². The molecule has 1 N–H and O–H groups in total. The monoisotopic (exact) mass is 469 g/mol. The Hall–Kier alpha value is -1.93. The number of carbonyl (C=O) groups is 1. The van der Waals surface area contributed by atoms with Crippen molar-refractivity contribution < 1.29 is 9.18 Å². The second kappa shape index (κ2) is 12.2. The molecule has 1 aromatic carbocycles. The highest BCUT2D eigenvalue weighted by atomic mass is 35.5. The summed E-state index contributed by atoms with van der Waals surface area (Å²) in [7, 11) is 0. The Labute approximate surface area is 195 Å². The van der Waals surface area contributed by atoms with Gasteiger partial charge in [-0.1, -0.05) is 18.2 Å². The van der Waals surface area contributed by atoms with Crippen LogP contribution in [0.25, 0.3) is 0 Å². The Kier molecular flexibility index (Phi) is 9.96. The SMILES string of the molecule is Cl.Cl.O=C(CCN1CCN(c2ccccn2)CC1)N1CCNCC1c1cccc(F)c1. The van der Waals surface area contributed by atoms with E-state index < -0.39 is 0 Å². The lowest BCUT2D eigenvalue weighted by Crippen LogP contribution is -2.50. The highest BCUT2D eigenvalue weighted by Gasteiger charge is 2.28. The van der Waals surface area contributed by atoms with Crippen molar-refractivity contribution in [3.8, 4) is 0 Å². The third-order valence-corrected chi connectivity index (χ3v) is 5.78. The van der Waals surface area contributed by atoms with Crippen molar-refractivity contribution in [2.45, 2.75) is 12.5 Å². The molecule has 1 atom stereocenters. The van der Waals surface area contributed by atoms with Crippen molar-refractivity contribution in [2.75, 3.05) is 57.3 Å². The maximum absolute atomic E-state index is 13.7. The second-order valence-electron chi connectivity index (χ2n) is 7.63. The fraction of sp³-hybridized carbons (Fsp3) is 0.455. The third-order valence-electron chi connectivity index (χ3n) is 5.78. The average molecular weight is 470 g/mol. The number of pyridine rings is 1. The van der Waals surface area contributed by atoms with Gasteiger partial charge in [-0.3, -0.25) is 9.69 Å². The van der Waals surface area contributed by atoms with Crippen LogP contribution in [0.3, 0.4) is 0 Å². The minimum absolute atomic E-state index is 0. The van der Waals surface area contributed by atoms with Crippen LogP contribution in [0.4, 0.5) is 10.2 Å². The highest BCUT2D eigenvalue weighted by Crippen LogP contribution is 2.24.